The van der Waals surface area contributed by atoms with Crippen molar-refractivity contribution in [2.24, 2.45) is 0 Å². The molecule has 27 heavy (non-hydrogen) atoms. The molecule has 2 aromatic heterocycles. The number of ether oxygens (including phenoxy) is 1. The molecule has 0 saturated carbocycles. The van der Waals surface area contributed by atoms with Crippen LogP contribution in [0.2, 0.25) is 4.34 Å². The summed E-state index contributed by atoms with van der Waals surface area (Å²) in [4.78, 5) is 7.46. The zero-order valence-electron chi connectivity index (χ0n) is 14.1. The number of alkyl halides is 2. The molecule has 0 radical (unpaired) electrons. The summed E-state index contributed by atoms with van der Waals surface area (Å²) < 4.78 is 35.7. The second kappa shape index (κ2) is 9.07. The lowest BCUT2D eigenvalue weighted by Gasteiger charge is -2.17. The number of thiophene rings is 1. The molecule has 142 valence electrons. The van der Waals surface area contributed by atoms with E-state index < -0.39 is 6.61 Å². The van der Waals surface area contributed by atoms with Crippen LogP contribution in [0.1, 0.15) is 10.8 Å². The molecular formula is C18H16ClF2N3O2S. The van der Waals surface area contributed by atoms with Gasteiger partial charge >= 0.3 is 6.61 Å². The normalized spacial score (nSPS) is 11.3. The number of hydrogen-bond acceptors (Lipinski definition) is 6. The molecule has 0 aliphatic rings. The van der Waals surface area contributed by atoms with Gasteiger partial charge in [-0.05, 0) is 24.3 Å². The first kappa shape index (κ1) is 19.5. The van der Waals surface area contributed by atoms with Crippen LogP contribution in [0.5, 0.6) is 5.75 Å². The number of nitrogens with zero attached hydrogens (tertiary/aromatic N) is 3. The quantitative estimate of drug-likeness (QED) is 0.450. The SMILES string of the molecule is C=CCN(Cc1nc(-c2ccccc2OC(F)F)no1)Cc1ccc(Cl)s1. The summed E-state index contributed by atoms with van der Waals surface area (Å²) in [5.41, 5.74) is 0.341. The Hall–Kier alpha value is -2.29. The zero-order valence-corrected chi connectivity index (χ0v) is 15.7. The van der Waals surface area contributed by atoms with Crippen LogP contribution < -0.4 is 4.74 Å². The third-order valence-corrected chi connectivity index (χ3v) is 4.78. The highest BCUT2D eigenvalue weighted by atomic mass is 35.5. The van der Waals surface area contributed by atoms with Crippen molar-refractivity contribution >= 4 is 22.9 Å². The van der Waals surface area contributed by atoms with Crippen molar-refractivity contribution in [1.29, 1.82) is 0 Å². The van der Waals surface area contributed by atoms with E-state index in [-0.39, 0.29) is 11.6 Å². The van der Waals surface area contributed by atoms with Crippen molar-refractivity contribution in [2.45, 2.75) is 19.7 Å². The molecule has 0 bridgehead atoms. The molecule has 0 fully saturated rings. The Morgan fingerprint density at radius 1 is 1.26 bits per heavy atom. The molecule has 0 unspecified atom stereocenters. The van der Waals surface area contributed by atoms with Crippen molar-refractivity contribution in [2.75, 3.05) is 6.54 Å². The number of rotatable bonds is 9. The molecule has 0 amide bonds. The Morgan fingerprint density at radius 2 is 2.07 bits per heavy atom. The summed E-state index contributed by atoms with van der Waals surface area (Å²) in [6.07, 6.45) is 1.78. The molecule has 1 aromatic carbocycles. The largest absolute Gasteiger partial charge is 0.434 e. The third kappa shape index (κ3) is 5.35. The van der Waals surface area contributed by atoms with Gasteiger partial charge < -0.3 is 9.26 Å². The van der Waals surface area contributed by atoms with Gasteiger partial charge in [0, 0.05) is 18.0 Å². The Balaban J connectivity index is 1.75. The fraction of sp³-hybridized carbons (Fsp3) is 0.222. The van der Waals surface area contributed by atoms with E-state index in [0.29, 0.717) is 31.1 Å². The Bertz CT molecular complexity index is 900. The van der Waals surface area contributed by atoms with E-state index in [1.54, 1.807) is 24.3 Å². The second-order valence-electron chi connectivity index (χ2n) is 5.55. The number of aromatic nitrogens is 2. The molecule has 0 N–H and O–H groups in total. The minimum Gasteiger partial charge on any atom is -0.434 e. The third-order valence-electron chi connectivity index (χ3n) is 3.57. The van der Waals surface area contributed by atoms with Gasteiger partial charge in [0.15, 0.2) is 0 Å². The van der Waals surface area contributed by atoms with Gasteiger partial charge in [0.25, 0.3) is 0 Å². The fourth-order valence-corrected chi connectivity index (χ4v) is 3.62. The first-order chi connectivity index (χ1) is 13.0. The Kier molecular flexibility index (Phi) is 6.54. The van der Waals surface area contributed by atoms with E-state index in [1.165, 1.54) is 17.4 Å². The number of hydrogen-bond donors (Lipinski definition) is 0. The highest BCUT2D eigenvalue weighted by molar-refractivity contribution is 7.16. The summed E-state index contributed by atoms with van der Waals surface area (Å²) >= 11 is 7.47. The van der Waals surface area contributed by atoms with Crippen LogP contribution in [0.15, 0.2) is 53.6 Å². The van der Waals surface area contributed by atoms with E-state index in [2.05, 4.69) is 21.5 Å². The van der Waals surface area contributed by atoms with Gasteiger partial charge in [0.2, 0.25) is 11.7 Å². The molecule has 3 aromatic rings. The highest BCUT2D eigenvalue weighted by Gasteiger charge is 2.17. The average Bonchev–Trinajstić information content (AvgIpc) is 3.24. The predicted octanol–water partition coefficient (Wildman–Crippen LogP) is 5.24. The van der Waals surface area contributed by atoms with Crippen LogP contribution in [0.3, 0.4) is 0 Å². The first-order valence-electron chi connectivity index (χ1n) is 7.99. The molecule has 5 nitrogen and oxygen atoms in total. The van der Waals surface area contributed by atoms with Crippen molar-refractivity contribution in [3.63, 3.8) is 0 Å². The molecule has 2 heterocycles. The molecule has 3 rings (SSSR count). The van der Waals surface area contributed by atoms with Crippen LogP contribution in [-0.2, 0) is 13.1 Å². The zero-order chi connectivity index (χ0) is 19.2. The molecule has 0 saturated heterocycles. The standard InChI is InChI=1S/C18H16ClF2N3O2S/c1-2-9-24(10-12-7-8-15(19)27-12)11-16-22-17(23-26-16)13-5-3-4-6-14(13)25-18(20)21/h2-8,18H,1,9-11H2. The Labute approximate surface area is 163 Å². The lowest BCUT2D eigenvalue weighted by molar-refractivity contribution is -0.0494. The molecule has 0 atom stereocenters. The van der Waals surface area contributed by atoms with Gasteiger partial charge in [-0.25, -0.2) is 0 Å². The number of para-hydroxylation sites is 1. The molecule has 0 aliphatic heterocycles. The van der Waals surface area contributed by atoms with Crippen molar-refractivity contribution in [3.05, 3.63) is 64.2 Å². The lowest BCUT2D eigenvalue weighted by atomic mass is 10.2. The molecule has 0 aliphatic carbocycles. The van der Waals surface area contributed by atoms with Gasteiger partial charge in [0.1, 0.15) is 5.75 Å². The van der Waals surface area contributed by atoms with E-state index in [1.807, 2.05) is 17.0 Å². The van der Waals surface area contributed by atoms with Gasteiger partial charge in [-0.2, -0.15) is 13.8 Å². The van der Waals surface area contributed by atoms with Gasteiger partial charge in [-0.1, -0.05) is 35.0 Å². The smallest absolute Gasteiger partial charge is 0.387 e. The maximum Gasteiger partial charge on any atom is 0.387 e. The average molecular weight is 412 g/mol. The summed E-state index contributed by atoms with van der Waals surface area (Å²) in [5, 5.41) is 3.90. The van der Waals surface area contributed by atoms with Crippen LogP contribution in [0.25, 0.3) is 11.4 Å². The second-order valence-corrected chi connectivity index (χ2v) is 7.35. The first-order valence-corrected chi connectivity index (χ1v) is 9.19. The molecular weight excluding hydrogens is 396 g/mol. The van der Waals surface area contributed by atoms with Crippen molar-refractivity contribution in [3.8, 4) is 17.1 Å². The lowest BCUT2D eigenvalue weighted by Crippen LogP contribution is -2.22. The van der Waals surface area contributed by atoms with Crippen LogP contribution in [-0.4, -0.2) is 28.2 Å². The molecule has 9 heteroatoms. The van der Waals surface area contributed by atoms with Crippen LogP contribution >= 0.6 is 22.9 Å². The summed E-state index contributed by atoms with van der Waals surface area (Å²) in [7, 11) is 0. The topological polar surface area (TPSA) is 51.4 Å². The fourth-order valence-electron chi connectivity index (χ4n) is 2.49. The monoisotopic (exact) mass is 411 g/mol. The number of halogens is 3. The van der Waals surface area contributed by atoms with Gasteiger partial charge in [-0.3, -0.25) is 4.90 Å². The van der Waals surface area contributed by atoms with Crippen LogP contribution in [0.4, 0.5) is 8.78 Å². The Morgan fingerprint density at radius 3 is 2.78 bits per heavy atom. The van der Waals surface area contributed by atoms with E-state index in [0.717, 1.165) is 9.21 Å². The maximum absolute atomic E-state index is 12.6. The van der Waals surface area contributed by atoms with E-state index >= 15 is 0 Å². The summed E-state index contributed by atoms with van der Waals surface area (Å²) in [5.74, 6) is 0.552. The highest BCUT2D eigenvalue weighted by Crippen LogP contribution is 2.29. The van der Waals surface area contributed by atoms with Gasteiger partial charge in [0.05, 0.1) is 16.4 Å². The minimum absolute atomic E-state index is 0.00368. The van der Waals surface area contributed by atoms with Crippen LogP contribution in [0, 0.1) is 0 Å². The van der Waals surface area contributed by atoms with E-state index in [4.69, 9.17) is 16.1 Å². The maximum atomic E-state index is 12.6. The minimum atomic E-state index is -2.93. The molecule has 0 spiro atoms. The van der Waals surface area contributed by atoms with Gasteiger partial charge in [-0.15, -0.1) is 17.9 Å². The predicted molar refractivity (Wildman–Crippen MR) is 100 cm³/mol. The summed E-state index contributed by atoms with van der Waals surface area (Å²) in [6.45, 7) is 2.47. The van der Waals surface area contributed by atoms with Crippen molar-refractivity contribution < 1.29 is 18.0 Å². The summed E-state index contributed by atoms with van der Waals surface area (Å²) in [6, 6.07) is 10.1. The number of benzene rings is 1. The van der Waals surface area contributed by atoms with E-state index in [9.17, 15) is 8.78 Å². The van der Waals surface area contributed by atoms with Crippen molar-refractivity contribution in [1.82, 2.24) is 15.0 Å².